The average Bonchev–Trinajstić information content (AvgIpc) is 2.61. The van der Waals surface area contributed by atoms with Crippen molar-refractivity contribution in [1.29, 1.82) is 0 Å². The molecule has 0 radical (unpaired) electrons. The number of methoxy groups -OCH3 is 1. The number of benzene rings is 2. The summed E-state index contributed by atoms with van der Waals surface area (Å²) in [6.07, 6.45) is 0. The number of hydrogen-bond donors (Lipinski definition) is 3. The van der Waals surface area contributed by atoms with Crippen molar-refractivity contribution in [1.82, 2.24) is 0 Å². The zero-order chi connectivity index (χ0) is 18.2. The van der Waals surface area contributed by atoms with Gasteiger partial charge in [-0.2, -0.15) is 0 Å². The van der Waals surface area contributed by atoms with E-state index in [9.17, 15) is 0 Å². The van der Waals surface area contributed by atoms with Gasteiger partial charge in [-0.15, -0.1) is 10.2 Å². The molecule has 2 aromatic carbocycles. The molecule has 0 aromatic heterocycles. The van der Waals surface area contributed by atoms with Crippen LogP contribution in [0, 0.1) is 0 Å². The molecule has 7 nitrogen and oxygen atoms in total. The highest BCUT2D eigenvalue weighted by atomic mass is 35.5. The van der Waals surface area contributed by atoms with Gasteiger partial charge >= 0.3 is 0 Å². The highest BCUT2D eigenvalue weighted by Crippen LogP contribution is 2.34. The van der Waals surface area contributed by atoms with Gasteiger partial charge in [-0.25, -0.2) is 0 Å². The van der Waals surface area contributed by atoms with Crippen LogP contribution in [0.2, 0.25) is 5.02 Å². The molecule has 0 bridgehead atoms. The summed E-state index contributed by atoms with van der Waals surface area (Å²) in [6.45, 7) is 0.788. The Labute approximate surface area is 151 Å². The van der Waals surface area contributed by atoms with Gasteiger partial charge in [0, 0.05) is 30.5 Å². The van der Waals surface area contributed by atoms with Crippen LogP contribution in [0.5, 0.6) is 5.75 Å². The Kier molecular flexibility index (Phi) is 7.00. The molecule has 2 rings (SSSR count). The van der Waals surface area contributed by atoms with Crippen molar-refractivity contribution in [3.8, 4) is 5.75 Å². The summed E-state index contributed by atoms with van der Waals surface area (Å²) >= 11 is 6.09. The monoisotopic (exact) mass is 364 g/mol. The van der Waals surface area contributed by atoms with Crippen LogP contribution in [0.25, 0.3) is 0 Å². The molecule has 0 atom stereocenters. The third kappa shape index (κ3) is 5.06. The van der Waals surface area contributed by atoms with Gasteiger partial charge in [0.05, 0.1) is 25.3 Å². The number of halogens is 1. The standard InChI is InChI=1S/C17H21ClN4O3/c1-25-17-11-13(22(6-8-23)7-9-24)3-5-16(17)21-20-15-4-2-12(19)10-14(15)18/h2-5,10-11,23-24H,6-9,19H2,1H3. The Morgan fingerprint density at radius 3 is 2.28 bits per heavy atom. The first kappa shape index (κ1) is 19.0. The van der Waals surface area contributed by atoms with E-state index in [1.807, 2.05) is 11.0 Å². The molecule has 0 aliphatic heterocycles. The molecule has 0 amide bonds. The number of ether oxygens (including phenoxy) is 1. The molecule has 134 valence electrons. The summed E-state index contributed by atoms with van der Waals surface area (Å²) in [5.74, 6) is 0.522. The number of anilines is 2. The maximum atomic E-state index is 9.15. The van der Waals surface area contributed by atoms with E-state index in [4.69, 9.17) is 32.3 Å². The number of azo groups is 1. The minimum atomic E-state index is -0.0145. The number of nitrogen functional groups attached to an aromatic ring is 1. The second-order valence-electron chi connectivity index (χ2n) is 5.20. The molecular weight excluding hydrogens is 344 g/mol. The average molecular weight is 365 g/mol. The molecule has 0 saturated carbocycles. The highest BCUT2D eigenvalue weighted by Gasteiger charge is 2.10. The van der Waals surface area contributed by atoms with Crippen molar-refractivity contribution in [3.63, 3.8) is 0 Å². The molecule has 8 heteroatoms. The predicted molar refractivity (Wildman–Crippen MR) is 99.4 cm³/mol. The Bertz CT molecular complexity index is 734. The van der Waals surface area contributed by atoms with Crippen LogP contribution < -0.4 is 15.4 Å². The molecule has 0 heterocycles. The second-order valence-corrected chi connectivity index (χ2v) is 5.61. The Hall–Kier alpha value is -2.35. The van der Waals surface area contributed by atoms with Gasteiger partial charge in [-0.1, -0.05) is 11.6 Å². The van der Waals surface area contributed by atoms with Crippen molar-refractivity contribution >= 4 is 34.4 Å². The lowest BCUT2D eigenvalue weighted by Gasteiger charge is -2.23. The highest BCUT2D eigenvalue weighted by molar-refractivity contribution is 6.33. The van der Waals surface area contributed by atoms with Gasteiger partial charge in [0.25, 0.3) is 0 Å². The Balaban J connectivity index is 2.28. The molecular formula is C17H21ClN4O3. The quantitative estimate of drug-likeness (QED) is 0.493. The van der Waals surface area contributed by atoms with Crippen LogP contribution in [0.1, 0.15) is 0 Å². The normalized spacial score (nSPS) is 11.0. The zero-order valence-corrected chi connectivity index (χ0v) is 14.6. The minimum absolute atomic E-state index is 0.0145. The van der Waals surface area contributed by atoms with Gasteiger partial charge in [0.15, 0.2) is 0 Å². The molecule has 2 aromatic rings. The third-order valence-electron chi connectivity index (χ3n) is 3.51. The smallest absolute Gasteiger partial charge is 0.148 e. The fraction of sp³-hybridized carbons (Fsp3) is 0.294. The van der Waals surface area contributed by atoms with E-state index in [1.165, 1.54) is 7.11 Å². The first-order valence-electron chi connectivity index (χ1n) is 7.70. The zero-order valence-electron chi connectivity index (χ0n) is 13.9. The molecule has 0 spiro atoms. The molecule has 25 heavy (non-hydrogen) atoms. The van der Waals surface area contributed by atoms with Gasteiger partial charge in [0.2, 0.25) is 0 Å². The van der Waals surface area contributed by atoms with Crippen molar-refractivity contribution in [2.45, 2.75) is 0 Å². The minimum Gasteiger partial charge on any atom is -0.494 e. The van der Waals surface area contributed by atoms with Crippen molar-refractivity contribution in [2.75, 3.05) is 44.0 Å². The van der Waals surface area contributed by atoms with Crippen molar-refractivity contribution in [3.05, 3.63) is 41.4 Å². The molecule has 0 saturated heterocycles. The number of hydrogen-bond acceptors (Lipinski definition) is 7. The van der Waals surface area contributed by atoms with Crippen LogP contribution in [0.15, 0.2) is 46.6 Å². The molecule has 0 unspecified atom stereocenters. The number of aliphatic hydroxyl groups is 2. The summed E-state index contributed by atoms with van der Waals surface area (Å²) < 4.78 is 5.37. The van der Waals surface area contributed by atoms with Gasteiger partial charge < -0.3 is 25.6 Å². The van der Waals surface area contributed by atoms with E-state index in [1.54, 1.807) is 30.3 Å². The van der Waals surface area contributed by atoms with Gasteiger partial charge in [-0.3, -0.25) is 0 Å². The largest absolute Gasteiger partial charge is 0.494 e. The summed E-state index contributed by atoms with van der Waals surface area (Å²) in [5, 5.41) is 27.0. The van der Waals surface area contributed by atoms with E-state index >= 15 is 0 Å². The van der Waals surface area contributed by atoms with Crippen LogP contribution in [-0.2, 0) is 0 Å². The van der Waals surface area contributed by atoms with Crippen molar-refractivity contribution < 1.29 is 14.9 Å². The summed E-state index contributed by atoms with van der Waals surface area (Å²) in [5.41, 5.74) is 8.06. The fourth-order valence-corrected chi connectivity index (χ4v) is 2.50. The maximum absolute atomic E-state index is 9.15. The maximum Gasteiger partial charge on any atom is 0.148 e. The summed E-state index contributed by atoms with van der Waals surface area (Å²) in [4.78, 5) is 1.85. The topological polar surface area (TPSA) is 104 Å². The summed E-state index contributed by atoms with van der Waals surface area (Å²) in [7, 11) is 1.54. The van der Waals surface area contributed by atoms with Crippen LogP contribution >= 0.6 is 11.6 Å². The van der Waals surface area contributed by atoms with Crippen LogP contribution in [0.4, 0.5) is 22.7 Å². The molecule has 4 N–H and O–H groups in total. The first-order valence-corrected chi connectivity index (χ1v) is 8.08. The number of rotatable bonds is 8. The Morgan fingerprint density at radius 2 is 1.68 bits per heavy atom. The van der Waals surface area contributed by atoms with E-state index in [0.29, 0.717) is 40.9 Å². The molecule has 0 aliphatic rings. The van der Waals surface area contributed by atoms with Gasteiger partial charge in [-0.05, 0) is 30.3 Å². The lowest BCUT2D eigenvalue weighted by Crippen LogP contribution is -2.29. The Morgan fingerprint density at radius 1 is 1.04 bits per heavy atom. The van der Waals surface area contributed by atoms with Crippen LogP contribution in [0.3, 0.4) is 0 Å². The van der Waals surface area contributed by atoms with E-state index < -0.39 is 0 Å². The number of nitrogens with two attached hydrogens (primary N) is 1. The predicted octanol–water partition coefficient (Wildman–Crippen LogP) is 3.14. The third-order valence-corrected chi connectivity index (χ3v) is 3.81. The lowest BCUT2D eigenvalue weighted by molar-refractivity contribution is 0.281. The van der Waals surface area contributed by atoms with Gasteiger partial charge in [0.1, 0.15) is 17.1 Å². The number of aliphatic hydroxyl groups excluding tert-OH is 2. The first-order chi connectivity index (χ1) is 12.1. The number of nitrogens with zero attached hydrogens (tertiary/aromatic N) is 3. The molecule has 0 fully saturated rings. The second kappa shape index (κ2) is 9.22. The van der Waals surface area contributed by atoms with Crippen molar-refractivity contribution in [2.24, 2.45) is 10.2 Å². The lowest BCUT2D eigenvalue weighted by atomic mass is 10.2. The summed E-state index contributed by atoms with van der Waals surface area (Å²) in [6, 6.07) is 10.4. The molecule has 0 aliphatic carbocycles. The SMILES string of the molecule is COc1cc(N(CCO)CCO)ccc1N=Nc1ccc(N)cc1Cl. The van der Waals surface area contributed by atoms with E-state index in [0.717, 1.165) is 5.69 Å². The van der Waals surface area contributed by atoms with Crippen LogP contribution in [-0.4, -0.2) is 43.6 Å². The van der Waals surface area contributed by atoms with E-state index in [2.05, 4.69) is 10.2 Å². The fourth-order valence-electron chi connectivity index (χ4n) is 2.27. The van der Waals surface area contributed by atoms with E-state index in [-0.39, 0.29) is 13.2 Å².